The molecule has 1 atom stereocenters. The minimum Gasteiger partial charge on any atom is -1.00 e. The Morgan fingerprint density at radius 3 is 1.50 bits per heavy atom. The van der Waals surface area contributed by atoms with E-state index < -0.39 is 0 Å². The fourth-order valence-electron chi connectivity index (χ4n) is 0. The van der Waals surface area contributed by atoms with Gasteiger partial charge in [-0.3, -0.25) is 0 Å². The molecule has 1 nitrogen and oxygen atoms in total. The quantitative estimate of drug-likeness (QED) is 0.271. The summed E-state index contributed by atoms with van der Waals surface area (Å²) in [4.78, 5) is 6.92. The molecular weight excluding hydrogens is 126 g/mol. The van der Waals surface area contributed by atoms with Crippen LogP contribution >= 0.6 is 9.47 Å². The fraction of sp³-hybridized carbons (Fsp3) is 0. The Hall–Kier alpha value is 1.91. The topological polar surface area (TPSA) is 20.2 Å². The summed E-state index contributed by atoms with van der Waals surface area (Å²) in [7, 11) is 1.42. The summed E-state index contributed by atoms with van der Waals surface area (Å²) in [5.41, 5.74) is 0. The molecule has 0 rings (SSSR count). The van der Waals surface area contributed by atoms with Gasteiger partial charge in [-0.15, -0.1) is 0 Å². The summed E-state index contributed by atoms with van der Waals surface area (Å²) in [5, 5.41) is 0. The SMILES string of the molecule is OP.[Fe].[H-].[Na+]. The molecular formula is H4FeNaOP. The summed E-state index contributed by atoms with van der Waals surface area (Å²) in [6.45, 7) is 0. The molecule has 1 N–H and O–H groups in total. The van der Waals surface area contributed by atoms with Crippen molar-refractivity contribution in [3.8, 4) is 0 Å². The van der Waals surface area contributed by atoms with E-state index >= 15 is 0 Å². The molecule has 0 aromatic heterocycles. The maximum Gasteiger partial charge on any atom is 1.00 e. The van der Waals surface area contributed by atoms with Crippen LogP contribution in [-0.2, 0) is 17.1 Å². The predicted molar refractivity (Wildman–Crippen MR) is 13.0 cm³/mol. The first-order valence-electron chi connectivity index (χ1n) is 0.258. The second-order valence-corrected chi connectivity index (χ2v) is 0. The Kier molecular flexibility index (Phi) is 86.6. The van der Waals surface area contributed by atoms with Crippen LogP contribution in [0.15, 0.2) is 0 Å². The van der Waals surface area contributed by atoms with E-state index in [9.17, 15) is 0 Å². The molecule has 0 saturated carbocycles. The first-order valence-corrected chi connectivity index (χ1v) is 0.775. The number of rotatable bonds is 0. The van der Waals surface area contributed by atoms with Crippen LogP contribution in [0.3, 0.4) is 0 Å². The van der Waals surface area contributed by atoms with Crippen molar-refractivity contribution in [3.05, 3.63) is 0 Å². The third-order valence-corrected chi connectivity index (χ3v) is 0. The molecule has 0 aliphatic carbocycles. The molecule has 0 aromatic carbocycles. The maximum absolute atomic E-state index is 6.92. The van der Waals surface area contributed by atoms with Crippen molar-refractivity contribution in [1.82, 2.24) is 0 Å². The zero-order chi connectivity index (χ0) is 2.00. The summed E-state index contributed by atoms with van der Waals surface area (Å²) in [5.74, 6) is 0. The van der Waals surface area contributed by atoms with Gasteiger partial charge in [-0.2, -0.15) is 0 Å². The van der Waals surface area contributed by atoms with Crippen LogP contribution in [0.25, 0.3) is 0 Å². The molecule has 0 spiro atoms. The average Bonchev–Trinajstić information content (AvgIpc) is 1.00. The largest absolute Gasteiger partial charge is 1.00 e. The van der Waals surface area contributed by atoms with E-state index in [4.69, 9.17) is 4.89 Å². The van der Waals surface area contributed by atoms with Gasteiger partial charge in [-0.05, 0) is 9.47 Å². The van der Waals surface area contributed by atoms with E-state index in [1.54, 1.807) is 0 Å². The van der Waals surface area contributed by atoms with Crippen molar-refractivity contribution in [2.75, 3.05) is 0 Å². The molecule has 0 fully saturated rings. The molecule has 1 unspecified atom stereocenters. The molecule has 0 radical (unpaired) electrons. The molecule has 24 valence electrons. The van der Waals surface area contributed by atoms with Crippen molar-refractivity contribution in [3.63, 3.8) is 0 Å². The zero-order valence-corrected chi connectivity index (χ0v) is 6.64. The van der Waals surface area contributed by atoms with E-state index in [-0.39, 0.29) is 48.1 Å². The van der Waals surface area contributed by atoms with Gasteiger partial charge in [0.25, 0.3) is 0 Å². The summed E-state index contributed by atoms with van der Waals surface area (Å²) >= 11 is 0. The van der Waals surface area contributed by atoms with Crippen molar-refractivity contribution in [1.29, 1.82) is 0 Å². The van der Waals surface area contributed by atoms with Gasteiger partial charge in [0.2, 0.25) is 0 Å². The summed E-state index contributed by atoms with van der Waals surface area (Å²) in [6, 6.07) is 0. The monoisotopic (exact) mass is 130 g/mol. The zero-order valence-electron chi connectivity index (χ0n) is 3.38. The van der Waals surface area contributed by atoms with Crippen molar-refractivity contribution >= 4 is 9.47 Å². The third kappa shape index (κ3) is 9.08. The van der Waals surface area contributed by atoms with E-state index in [2.05, 4.69) is 0 Å². The second kappa shape index (κ2) is 20.6. The average molecular weight is 130 g/mol. The molecule has 0 aromatic rings. The van der Waals surface area contributed by atoms with Gasteiger partial charge in [-0.25, -0.2) is 0 Å². The number of hydrogen-bond acceptors (Lipinski definition) is 1. The van der Waals surface area contributed by atoms with Crippen molar-refractivity contribution in [2.24, 2.45) is 0 Å². The minimum atomic E-state index is 0. The molecule has 0 aliphatic rings. The first kappa shape index (κ1) is 16.8. The first-order chi connectivity index (χ1) is 1.00. The maximum atomic E-state index is 6.92. The Bertz CT molecular complexity index is 11.6. The van der Waals surface area contributed by atoms with Gasteiger partial charge in [0.05, 0.1) is 0 Å². The standard InChI is InChI=1S/Fe.Na.H3OP.H/c;;1-2;/h;;1H,2H2;/q;+1;;-1. The Morgan fingerprint density at radius 2 is 1.50 bits per heavy atom. The van der Waals surface area contributed by atoms with Crippen LogP contribution in [-0.4, -0.2) is 4.89 Å². The third-order valence-electron chi connectivity index (χ3n) is 0. The van der Waals surface area contributed by atoms with Crippen LogP contribution in [0, 0.1) is 0 Å². The number of hydrogen-bond donors (Lipinski definition) is 1. The molecule has 0 heterocycles. The molecule has 4 heavy (non-hydrogen) atoms. The normalized spacial score (nSPS) is 1.50. The van der Waals surface area contributed by atoms with Gasteiger partial charge in [0, 0.05) is 17.1 Å². The smallest absolute Gasteiger partial charge is 1.00 e. The fourth-order valence-corrected chi connectivity index (χ4v) is 0. The second-order valence-electron chi connectivity index (χ2n) is 0. The van der Waals surface area contributed by atoms with Crippen LogP contribution < -0.4 is 29.6 Å². The van der Waals surface area contributed by atoms with Gasteiger partial charge in [0.1, 0.15) is 0 Å². The minimum absolute atomic E-state index is 0. The predicted octanol–water partition coefficient (Wildman–Crippen LogP) is -3.12. The molecule has 0 saturated heterocycles. The van der Waals surface area contributed by atoms with E-state index in [1.165, 1.54) is 9.47 Å². The van der Waals surface area contributed by atoms with Gasteiger partial charge >= 0.3 is 29.6 Å². The van der Waals surface area contributed by atoms with Crippen LogP contribution in [0.4, 0.5) is 0 Å². The summed E-state index contributed by atoms with van der Waals surface area (Å²) in [6.07, 6.45) is 0. The molecule has 4 heteroatoms. The van der Waals surface area contributed by atoms with E-state index in [1.807, 2.05) is 0 Å². The molecule has 0 bridgehead atoms. The Morgan fingerprint density at radius 1 is 1.50 bits per heavy atom. The van der Waals surface area contributed by atoms with Crippen LogP contribution in [0.1, 0.15) is 1.43 Å². The van der Waals surface area contributed by atoms with Crippen LogP contribution in [0.5, 0.6) is 0 Å². The molecule has 0 aliphatic heterocycles. The van der Waals surface area contributed by atoms with E-state index in [0.29, 0.717) is 0 Å². The Labute approximate surface area is 62.1 Å². The van der Waals surface area contributed by atoms with Gasteiger partial charge < -0.3 is 6.32 Å². The Balaban J connectivity index is -0.00000000167. The van der Waals surface area contributed by atoms with Crippen molar-refractivity contribution < 1.29 is 52.9 Å². The van der Waals surface area contributed by atoms with Gasteiger partial charge in [-0.1, -0.05) is 0 Å². The summed E-state index contributed by atoms with van der Waals surface area (Å²) < 4.78 is 0. The van der Waals surface area contributed by atoms with Gasteiger partial charge in [0.15, 0.2) is 0 Å². The van der Waals surface area contributed by atoms with Crippen LogP contribution in [0.2, 0.25) is 0 Å². The van der Waals surface area contributed by atoms with E-state index in [0.717, 1.165) is 0 Å². The molecule has 0 amide bonds. The van der Waals surface area contributed by atoms with Crippen molar-refractivity contribution in [2.45, 2.75) is 0 Å².